The molecule has 182 valence electrons. The molecular weight excluding hydrogens is 442 g/mol. The number of nitrogens with zero attached hydrogens (tertiary/aromatic N) is 6. The van der Waals surface area contributed by atoms with Crippen LogP contribution in [-0.4, -0.2) is 44.1 Å². The van der Waals surface area contributed by atoms with Crippen LogP contribution >= 0.6 is 0 Å². The number of rotatable bonds is 6. The van der Waals surface area contributed by atoms with Gasteiger partial charge in [-0.15, -0.1) is 5.10 Å². The lowest BCUT2D eigenvalue weighted by Gasteiger charge is -2.23. The Labute approximate surface area is 205 Å². The van der Waals surface area contributed by atoms with Crippen LogP contribution in [0.2, 0.25) is 0 Å². The van der Waals surface area contributed by atoms with Crippen LogP contribution in [0.25, 0.3) is 16.9 Å². The third-order valence-corrected chi connectivity index (χ3v) is 5.90. The molecule has 0 saturated heterocycles. The Morgan fingerprint density at radius 1 is 1.14 bits per heavy atom. The maximum atomic E-state index is 12.9. The largest absolute Gasteiger partial charge is 0.371 e. The molecule has 0 saturated carbocycles. The number of aromatic nitrogens is 5. The molecule has 0 aliphatic carbocycles. The quantitative estimate of drug-likeness (QED) is 0.419. The molecule has 3 heterocycles. The first-order valence-electron chi connectivity index (χ1n) is 11.5. The van der Waals surface area contributed by atoms with Crippen LogP contribution < -0.4 is 10.2 Å². The molecule has 0 aliphatic rings. The van der Waals surface area contributed by atoms with Gasteiger partial charge in [0, 0.05) is 41.9 Å². The smallest absolute Gasteiger partial charge is 0.256 e. The Morgan fingerprint density at radius 3 is 2.60 bits per heavy atom. The van der Waals surface area contributed by atoms with E-state index >= 15 is 0 Å². The number of aryl methyl sites for hydroxylation is 1. The molecule has 4 aromatic rings. The van der Waals surface area contributed by atoms with Crippen molar-refractivity contribution in [3.8, 4) is 16.9 Å². The minimum atomic E-state index is -0.283. The van der Waals surface area contributed by atoms with E-state index in [-0.39, 0.29) is 11.3 Å². The molecule has 9 nitrogen and oxygen atoms in total. The van der Waals surface area contributed by atoms with Crippen LogP contribution in [0.4, 0.5) is 11.5 Å². The van der Waals surface area contributed by atoms with Gasteiger partial charge in [0.2, 0.25) is 0 Å². The van der Waals surface area contributed by atoms with Gasteiger partial charge in [0.1, 0.15) is 11.5 Å². The van der Waals surface area contributed by atoms with Crippen LogP contribution in [0.15, 0.2) is 53.4 Å². The number of pyridine rings is 1. The molecule has 1 amide bonds. The Balaban J connectivity index is 1.58. The number of carbonyl (C=O) groups excluding carboxylic acids is 1. The molecule has 35 heavy (non-hydrogen) atoms. The minimum absolute atomic E-state index is 0.197. The first kappa shape index (κ1) is 24.1. The third-order valence-electron chi connectivity index (χ3n) is 5.90. The summed E-state index contributed by atoms with van der Waals surface area (Å²) in [6.45, 7) is 12.3. The molecule has 0 atom stereocenters. The lowest BCUT2D eigenvalue weighted by molar-refractivity contribution is 0.102. The molecule has 0 fully saturated rings. The van der Waals surface area contributed by atoms with E-state index in [1.165, 1.54) is 0 Å². The Hall–Kier alpha value is -4.01. The van der Waals surface area contributed by atoms with Gasteiger partial charge in [-0.1, -0.05) is 37.2 Å². The molecular formula is C26H31N7O2. The van der Waals surface area contributed by atoms with Gasteiger partial charge in [0.25, 0.3) is 5.91 Å². The van der Waals surface area contributed by atoms with Crippen molar-refractivity contribution in [2.75, 3.05) is 17.3 Å². The summed E-state index contributed by atoms with van der Waals surface area (Å²) in [5.74, 6) is 0.795. The summed E-state index contributed by atoms with van der Waals surface area (Å²) in [7, 11) is 2.03. The first-order valence-corrected chi connectivity index (χ1v) is 11.5. The second-order valence-corrected chi connectivity index (χ2v) is 9.97. The van der Waals surface area contributed by atoms with Crippen molar-refractivity contribution in [1.29, 1.82) is 0 Å². The highest BCUT2D eigenvalue weighted by molar-refractivity contribution is 6.04. The van der Waals surface area contributed by atoms with E-state index in [0.29, 0.717) is 28.9 Å². The van der Waals surface area contributed by atoms with E-state index in [2.05, 4.69) is 44.5 Å². The first-order chi connectivity index (χ1) is 16.5. The highest BCUT2D eigenvalue weighted by atomic mass is 16.5. The van der Waals surface area contributed by atoms with Crippen LogP contribution in [-0.2, 0) is 5.41 Å². The van der Waals surface area contributed by atoms with E-state index < -0.39 is 0 Å². The van der Waals surface area contributed by atoms with Gasteiger partial charge in [-0.25, -0.2) is 4.68 Å². The van der Waals surface area contributed by atoms with Crippen molar-refractivity contribution in [3.05, 3.63) is 65.8 Å². The Morgan fingerprint density at radius 2 is 1.91 bits per heavy atom. The van der Waals surface area contributed by atoms with Crippen molar-refractivity contribution in [2.45, 2.75) is 53.0 Å². The van der Waals surface area contributed by atoms with Crippen molar-refractivity contribution in [1.82, 2.24) is 25.1 Å². The van der Waals surface area contributed by atoms with Crippen LogP contribution in [0.3, 0.4) is 0 Å². The summed E-state index contributed by atoms with van der Waals surface area (Å²) in [6.07, 6.45) is 5.44. The highest BCUT2D eigenvalue weighted by Gasteiger charge is 2.21. The van der Waals surface area contributed by atoms with Crippen molar-refractivity contribution >= 4 is 17.4 Å². The summed E-state index contributed by atoms with van der Waals surface area (Å²) in [5, 5.41) is 15.4. The number of hydrogen-bond donors (Lipinski definition) is 1. The maximum Gasteiger partial charge on any atom is 0.256 e. The van der Waals surface area contributed by atoms with Crippen molar-refractivity contribution in [3.63, 3.8) is 0 Å². The summed E-state index contributed by atoms with van der Waals surface area (Å²) in [6, 6.07) is 9.57. The zero-order valence-corrected chi connectivity index (χ0v) is 21.2. The molecule has 0 radical (unpaired) electrons. The highest BCUT2D eigenvalue weighted by Crippen LogP contribution is 2.26. The second kappa shape index (κ2) is 9.32. The van der Waals surface area contributed by atoms with Gasteiger partial charge in [0.15, 0.2) is 5.82 Å². The lowest BCUT2D eigenvalue weighted by Crippen LogP contribution is -2.25. The molecule has 1 N–H and O–H groups in total. The topological polar surface area (TPSA) is 102 Å². The summed E-state index contributed by atoms with van der Waals surface area (Å²) in [5.41, 5.74) is 4.57. The molecule has 9 heteroatoms. The van der Waals surface area contributed by atoms with Gasteiger partial charge < -0.3 is 14.7 Å². The van der Waals surface area contributed by atoms with Gasteiger partial charge in [-0.3, -0.25) is 9.78 Å². The SMILES string of the molecule is Cc1ccc(C(=O)Nc2cc(C(C)(C)C)on2)cc1-n1cc(-c2cncc(N(C)C(C)C)c2)nn1. The normalized spacial score (nSPS) is 11.7. The Kier molecular flexibility index (Phi) is 6.43. The van der Waals surface area contributed by atoms with Crippen molar-refractivity contribution in [2.24, 2.45) is 0 Å². The average Bonchev–Trinajstić information content (AvgIpc) is 3.49. The van der Waals surface area contributed by atoms with Gasteiger partial charge in [-0.05, 0) is 44.5 Å². The number of carbonyl (C=O) groups is 1. The standard InChI is InChI=1S/C26H31N7O2/c1-16(2)32(7)20-10-19(13-27-14-20)21-15-33(31-29-21)22-11-18(9-8-17(22)3)25(34)28-24-12-23(35-30-24)26(4,5)6/h8-16H,1-7H3,(H,28,30,34). The summed E-state index contributed by atoms with van der Waals surface area (Å²) in [4.78, 5) is 19.4. The van der Waals surface area contributed by atoms with E-state index in [1.54, 1.807) is 29.1 Å². The summed E-state index contributed by atoms with van der Waals surface area (Å²) < 4.78 is 7.04. The number of hydrogen-bond acceptors (Lipinski definition) is 7. The molecule has 3 aromatic heterocycles. The van der Waals surface area contributed by atoms with Gasteiger partial charge in [-0.2, -0.15) is 0 Å². The maximum absolute atomic E-state index is 12.9. The second-order valence-electron chi connectivity index (χ2n) is 9.97. The predicted octanol–water partition coefficient (Wildman–Crippen LogP) is 5.02. The van der Waals surface area contributed by atoms with E-state index in [1.807, 2.05) is 59.3 Å². The van der Waals surface area contributed by atoms with Gasteiger partial charge >= 0.3 is 0 Å². The lowest BCUT2D eigenvalue weighted by atomic mass is 9.93. The zero-order chi connectivity index (χ0) is 25.3. The van der Waals surface area contributed by atoms with E-state index in [9.17, 15) is 4.79 Å². The zero-order valence-electron chi connectivity index (χ0n) is 21.2. The minimum Gasteiger partial charge on any atom is -0.371 e. The monoisotopic (exact) mass is 473 g/mol. The molecule has 0 unspecified atom stereocenters. The fourth-order valence-electron chi connectivity index (χ4n) is 3.45. The van der Waals surface area contributed by atoms with Crippen LogP contribution in [0.1, 0.15) is 56.3 Å². The fraction of sp³-hybridized carbons (Fsp3) is 0.346. The summed E-state index contributed by atoms with van der Waals surface area (Å²) >= 11 is 0. The molecule has 4 rings (SSSR count). The number of nitrogens with one attached hydrogen (secondary N) is 1. The molecule has 0 aliphatic heterocycles. The number of amides is 1. The Bertz CT molecular complexity index is 1350. The number of anilines is 2. The number of benzene rings is 1. The molecule has 0 bridgehead atoms. The van der Waals surface area contributed by atoms with Crippen molar-refractivity contribution < 1.29 is 9.32 Å². The predicted molar refractivity (Wildman–Crippen MR) is 136 cm³/mol. The van der Waals surface area contributed by atoms with Crippen LogP contribution in [0, 0.1) is 6.92 Å². The molecule has 1 aromatic carbocycles. The third kappa shape index (κ3) is 5.24. The van der Waals surface area contributed by atoms with Crippen LogP contribution in [0.5, 0.6) is 0 Å². The van der Waals surface area contributed by atoms with Gasteiger partial charge in [0.05, 0.1) is 23.8 Å². The average molecular weight is 474 g/mol. The van der Waals surface area contributed by atoms with E-state index in [0.717, 1.165) is 22.5 Å². The van der Waals surface area contributed by atoms with E-state index in [4.69, 9.17) is 4.52 Å². The fourth-order valence-corrected chi connectivity index (χ4v) is 3.45. The molecule has 0 spiro atoms.